The highest BCUT2D eigenvalue weighted by molar-refractivity contribution is 7.55. The number of benzene rings is 1. The standard InChI is InChI=1S/C31H57F2O8PSi2/c1-14-37-42(34,38-15-2)31(32,33)21-24-25(36-22-23-19-17-16-18-20-23)26(40-43(10,11)29(3,4)5)27(28(35-9)39-24)41-44(12,13)30(6,7)8/h16-20,24-28H,14-15,21-22H2,1-13H3/t24-,25-,26+,27-,28+/m1/s1. The number of ether oxygens (including phenoxy) is 3. The van der Waals surface area contributed by atoms with E-state index in [1.54, 1.807) is 0 Å². The molecule has 1 heterocycles. The van der Waals surface area contributed by atoms with E-state index in [4.69, 9.17) is 32.1 Å². The molecule has 5 atom stereocenters. The predicted molar refractivity (Wildman–Crippen MR) is 175 cm³/mol. The minimum atomic E-state index is -4.85. The first-order chi connectivity index (χ1) is 20.1. The second-order valence-electron chi connectivity index (χ2n) is 14.4. The van der Waals surface area contributed by atoms with Crippen molar-refractivity contribution in [1.82, 2.24) is 0 Å². The van der Waals surface area contributed by atoms with Gasteiger partial charge in [0, 0.05) is 7.11 Å². The van der Waals surface area contributed by atoms with Crippen molar-refractivity contribution in [2.24, 2.45) is 0 Å². The summed E-state index contributed by atoms with van der Waals surface area (Å²) < 4.78 is 88.2. The zero-order chi connectivity index (χ0) is 33.8. The Bertz CT molecular complexity index is 1070. The fourth-order valence-electron chi connectivity index (χ4n) is 4.41. The third kappa shape index (κ3) is 9.52. The number of halogens is 2. The summed E-state index contributed by atoms with van der Waals surface area (Å²) >= 11 is 0. The van der Waals surface area contributed by atoms with Crippen LogP contribution in [-0.4, -0.2) is 73.3 Å². The van der Waals surface area contributed by atoms with E-state index >= 15 is 8.78 Å². The quantitative estimate of drug-likeness (QED) is 0.134. The Hall–Kier alpha value is -0.536. The molecule has 13 heteroatoms. The zero-order valence-corrected chi connectivity index (χ0v) is 32.0. The minimum Gasteiger partial charge on any atom is -0.408 e. The van der Waals surface area contributed by atoms with Crippen LogP contribution in [0.15, 0.2) is 30.3 Å². The van der Waals surface area contributed by atoms with E-state index in [2.05, 4.69) is 67.7 Å². The van der Waals surface area contributed by atoms with Gasteiger partial charge >= 0.3 is 13.3 Å². The van der Waals surface area contributed by atoms with Gasteiger partial charge in [-0.05, 0) is 55.7 Å². The largest absolute Gasteiger partial charge is 0.408 e. The van der Waals surface area contributed by atoms with Crippen LogP contribution in [0.3, 0.4) is 0 Å². The number of methoxy groups -OCH3 is 1. The van der Waals surface area contributed by atoms with E-state index in [1.165, 1.54) is 21.0 Å². The van der Waals surface area contributed by atoms with Crippen molar-refractivity contribution < 1.29 is 45.5 Å². The molecule has 1 saturated heterocycles. The molecule has 1 aliphatic rings. The highest BCUT2D eigenvalue weighted by atomic mass is 31.2. The summed E-state index contributed by atoms with van der Waals surface area (Å²) in [7, 11) is -8.39. The Morgan fingerprint density at radius 1 is 0.818 bits per heavy atom. The van der Waals surface area contributed by atoms with Gasteiger partial charge < -0.3 is 32.1 Å². The predicted octanol–water partition coefficient (Wildman–Crippen LogP) is 8.97. The molecule has 0 radical (unpaired) electrons. The van der Waals surface area contributed by atoms with Gasteiger partial charge in [0.2, 0.25) is 0 Å². The first-order valence-corrected chi connectivity index (χ1v) is 22.9. The minimum absolute atomic E-state index is 0.118. The Morgan fingerprint density at radius 2 is 1.30 bits per heavy atom. The maximum atomic E-state index is 16.0. The lowest BCUT2D eigenvalue weighted by atomic mass is 9.96. The summed E-state index contributed by atoms with van der Waals surface area (Å²) in [6.45, 7) is 23.9. The molecule has 1 aromatic carbocycles. The lowest BCUT2D eigenvalue weighted by Crippen LogP contribution is -2.66. The summed E-state index contributed by atoms with van der Waals surface area (Å²) in [6, 6.07) is 9.46. The van der Waals surface area contributed by atoms with Crippen LogP contribution in [0.4, 0.5) is 8.78 Å². The van der Waals surface area contributed by atoms with Crippen molar-refractivity contribution in [2.45, 2.75) is 141 Å². The summed E-state index contributed by atoms with van der Waals surface area (Å²) in [4.78, 5) is 0. The monoisotopic (exact) mass is 682 g/mol. The molecule has 44 heavy (non-hydrogen) atoms. The van der Waals surface area contributed by atoms with Crippen molar-refractivity contribution in [3.63, 3.8) is 0 Å². The van der Waals surface area contributed by atoms with Crippen LogP contribution in [-0.2, 0) is 43.3 Å². The fourth-order valence-corrected chi connectivity index (χ4v) is 8.53. The molecule has 256 valence electrons. The van der Waals surface area contributed by atoms with Crippen LogP contribution in [0.25, 0.3) is 0 Å². The average molecular weight is 683 g/mol. The van der Waals surface area contributed by atoms with Gasteiger partial charge in [-0.1, -0.05) is 71.9 Å². The molecular weight excluding hydrogens is 625 g/mol. The third-order valence-corrected chi connectivity index (χ3v) is 20.2. The molecule has 2 rings (SSSR count). The van der Waals surface area contributed by atoms with Crippen molar-refractivity contribution in [2.75, 3.05) is 20.3 Å². The summed E-state index contributed by atoms with van der Waals surface area (Å²) in [5.41, 5.74) is -3.03. The smallest absolute Gasteiger partial charge is 0.399 e. The van der Waals surface area contributed by atoms with Crippen molar-refractivity contribution >= 4 is 24.2 Å². The van der Waals surface area contributed by atoms with Gasteiger partial charge in [-0.25, -0.2) is 0 Å². The van der Waals surface area contributed by atoms with Crippen LogP contribution in [0.2, 0.25) is 36.3 Å². The molecule has 0 N–H and O–H groups in total. The van der Waals surface area contributed by atoms with Crippen molar-refractivity contribution in [3.8, 4) is 0 Å². The SMILES string of the molecule is CCOP(=O)(OCC)C(F)(F)C[C@H]1O[C@H](OC)[C@H](O[Si](C)(C)C(C)(C)C)[C@@H](O[Si](C)(C)C(C)(C)C)[C@@H]1OCc1ccccc1. The van der Waals surface area contributed by atoms with E-state index in [9.17, 15) is 4.57 Å². The lowest BCUT2D eigenvalue weighted by Gasteiger charge is -2.52. The van der Waals surface area contributed by atoms with E-state index in [1.807, 2.05) is 30.3 Å². The van der Waals surface area contributed by atoms with Crippen molar-refractivity contribution in [1.29, 1.82) is 0 Å². The first-order valence-electron chi connectivity index (χ1n) is 15.5. The van der Waals surface area contributed by atoms with Gasteiger partial charge in [-0.2, -0.15) is 8.78 Å². The average Bonchev–Trinajstić information content (AvgIpc) is 2.88. The molecule has 1 aliphatic heterocycles. The van der Waals surface area contributed by atoms with Gasteiger partial charge in [0.15, 0.2) is 22.9 Å². The molecule has 0 amide bonds. The second kappa shape index (κ2) is 15.1. The normalized spacial score (nSPS) is 24.5. The molecule has 0 aromatic heterocycles. The molecule has 8 nitrogen and oxygen atoms in total. The lowest BCUT2D eigenvalue weighted by molar-refractivity contribution is -0.298. The molecule has 1 aromatic rings. The first kappa shape index (κ1) is 39.6. The van der Waals surface area contributed by atoms with Gasteiger partial charge in [0.05, 0.1) is 32.3 Å². The molecule has 0 saturated carbocycles. The Labute approximate surface area is 266 Å². The Kier molecular flexibility index (Phi) is 13.6. The Balaban J connectivity index is 2.71. The fraction of sp³-hybridized carbons (Fsp3) is 0.806. The summed E-state index contributed by atoms with van der Waals surface area (Å²) in [6.07, 6.45) is -5.95. The topological polar surface area (TPSA) is 81.7 Å². The van der Waals surface area contributed by atoms with E-state index < -0.39 is 67.0 Å². The number of hydrogen-bond donors (Lipinski definition) is 0. The van der Waals surface area contributed by atoms with Crippen LogP contribution in [0.5, 0.6) is 0 Å². The van der Waals surface area contributed by atoms with E-state index in [-0.39, 0.29) is 29.9 Å². The van der Waals surface area contributed by atoms with Crippen LogP contribution in [0, 0.1) is 0 Å². The van der Waals surface area contributed by atoms with Crippen molar-refractivity contribution in [3.05, 3.63) is 35.9 Å². The molecule has 0 unspecified atom stereocenters. The Morgan fingerprint density at radius 3 is 1.73 bits per heavy atom. The maximum Gasteiger partial charge on any atom is 0.399 e. The van der Waals surface area contributed by atoms with Gasteiger partial charge in [0.1, 0.15) is 18.3 Å². The van der Waals surface area contributed by atoms with Gasteiger partial charge in [-0.3, -0.25) is 4.57 Å². The van der Waals surface area contributed by atoms with Crippen LogP contribution >= 0.6 is 7.60 Å². The van der Waals surface area contributed by atoms with Crippen LogP contribution in [0.1, 0.15) is 67.4 Å². The van der Waals surface area contributed by atoms with Crippen LogP contribution < -0.4 is 0 Å². The number of hydrogen-bond acceptors (Lipinski definition) is 8. The van der Waals surface area contributed by atoms with E-state index in [0.717, 1.165) is 5.56 Å². The number of rotatable bonds is 15. The number of alkyl halides is 2. The summed E-state index contributed by atoms with van der Waals surface area (Å²) in [5, 5.41) is -0.378. The maximum absolute atomic E-state index is 16.0. The molecule has 1 fully saturated rings. The molecule has 0 bridgehead atoms. The molecule has 0 aliphatic carbocycles. The van der Waals surface area contributed by atoms with Gasteiger partial charge in [0.25, 0.3) is 0 Å². The highest BCUT2D eigenvalue weighted by Gasteiger charge is 2.60. The summed E-state index contributed by atoms with van der Waals surface area (Å²) in [5.74, 6) is 0. The second-order valence-corrected chi connectivity index (χ2v) is 26.1. The van der Waals surface area contributed by atoms with Gasteiger partial charge in [-0.15, -0.1) is 0 Å². The highest BCUT2D eigenvalue weighted by Crippen LogP contribution is 2.64. The van der Waals surface area contributed by atoms with E-state index in [0.29, 0.717) is 0 Å². The third-order valence-electron chi connectivity index (χ3n) is 9.03. The zero-order valence-electron chi connectivity index (χ0n) is 29.1. The molecule has 0 spiro atoms. The molecular formula is C31H57F2O8PSi2.